The van der Waals surface area contributed by atoms with E-state index in [-0.39, 0.29) is 18.9 Å². The number of nitrogens with two attached hydrogens (primary N) is 1. The van der Waals surface area contributed by atoms with Crippen LogP contribution in [0.1, 0.15) is 25.7 Å². The van der Waals surface area contributed by atoms with Crippen molar-refractivity contribution in [1.82, 2.24) is 19.1 Å². The summed E-state index contributed by atoms with van der Waals surface area (Å²) in [4.78, 5) is 21.3. The molecule has 52 heavy (non-hydrogen) atoms. The van der Waals surface area contributed by atoms with Crippen molar-refractivity contribution in [3.05, 3.63) is 98.2 Å². The third-order valence-electron chi connectivity index (χ3n) is 8.75. The van der Waals surface area contributed by atoms with E-state index in [9.17, 15) is 4.79 Å². The largest absolute Gasteiger partial charge is 0.491 e. The number of carbonyl (C=O) groups excluding carboxylic acids is 1. The van der Waals surface area contributed by atoms with Gasteiger partial charge in [0.25, 0.3) is 0 Å². The van der Waals surface area contributed by atoms with Gasteiger partial charge in [0, 0.05) is 22.5 Å². The summed E-state index contributed by atoms with van der Waals surface area (Å²) >= 11 is 0. The summed E-state index contributed by atoms with van der Waals surface area (Å²) in [6, 6.07) is 18.2. The number of rotatable bonds is 22. The topological polar surface area (TPSA) is 123 Å². The molecule has 0 bridgehead atoms. The third kappa shape index (κ3) is 10.2. The molecule has 12 nitrogen and oxygen atoms in total. The molecule has 0 aliphatic heterocycles. The van der Waals surface area contributed by atoms with Crippen molar-refractivity contribution >= 4 is 27.6 Å². The van der Waals surface area contributed by atoms with Crippen LogP contribution in [-0.4, -0.2) is 71.1 Å². The van der Waals surface area contributed by atoms with Gasteiger partial charge in [0.15, 0.2) is 11.5 Å². The quantitative estimate of drug-likeness (QED) is 0.0812. The first-order valence-electron chi connectivity index (χ1n) is 18.0. The molecule has 0 aliphatic carbocycles. The molecule has 2 N–H and O–H groups in total. The Morgan fingerprint density at radius 3 is 2.38 bits per heavy atom. The number of fused-ring (bicyclic) bond motifs is 2. The van der Waals surface area contributed by atoms with E-state index in [1.165, 1.54) is 0 Å². The number of aryl methyl sites for hydroxylation is 2. The third-order valence-corrected chi connectivity index (χ3v) is 8.75. The van der Waals surface area contributed by atoms with Crippen LogP contribution in [-0.2, 0) is 41.0 Å². The molecule has 4 aromatic heterocycles. The van der Waals surface area contributed by atoms with Crippen molar-refractivity contribution in [2.45, 2.75) is 45.3 Å². The van der Waals surface area contributed by atoms with Gasteiger partial charge in [-0.1, -0.05) is 30.3 Å². The second-order valence-corrected chi connectivity index (χ2v) is 12.8. The maximum absolute atomic E-state index is 11.5. The minimum absolute atomic E-state index is 0.0100. The van der Waals surface area contributed by atoms with Crippen LogP contribution in [0.5, 0.6) is 11.5 Å². The van der Waals surface area contributed by atoms with E-state index in [2.05, 4.69) is 51.0 Å². The SMILES string of the molecule is C[n+]1ccn(CCCCCCOc2cccc3ccc(-c4ccc5cccnc5c4OCCOCCOCCn4cc[n+](CC(=O)CN)c4)nc23)c1. The van der Waals surface area contributed by atoms with Gasteiger partial charge in [0.2, 0.25) is 12.7 Å². The van der Waals surface area contributed by atoms with Crippen molar-refractivity contribution in [1.29, 1.82) is 0 Å². The van der Waals surface area contributed by atoms with Gasteiger partial charge >= 0.3 is 0 Å². The van der Waals surface area contributed by atoms with E-state index in [0.29, 0.717) is 51.9 Å². The van der Waals surface area contributed by atoms with E-state index < -0.39 is 0 Å². The van der Waals surface area contributed by atoms with E-state index in [1.54, 1.807) is 6.20 Å². The molecule has 0 fully saturated rings. The van der Waals surface area contributed by atoms with Crippen molar-refractivity contribution in [3.63, 3.8) is 0 Å². The number of ketones is 1. The lowest BCUT2D eigenvalue weighted by molar-refractivity contribution is -0.683. The fourth-order valence-corrected chi connectivity index (χ4v) is 6.05. The molecule has 6 aromatic rings. The predicted octanol–water partition coefficient (Wildman–Crippen LogP) is 4.44. The van der Waals surface area contributed by atoms with Gasteiger partial charge in [-0.3, -0.25) is 9.78 Å². The summed E-state index contributed by atoms with van der Waals surface area (Å²) in [5, 5.41) is 2.01. The van der Waals surface area contributed by atoms with E-state index in [4.69, 9.17) is 29.7 Å². The highest BCUT2D eigenvalue weighted by Crippen LogP contribution is 2.36. The van der Waals surface area contributed by atoms with Crippen molar-refractivity contribution in [2.75, 3.05) is 46.2 Å². The van der Waals surface area contributed by atoms with Gasteiger partial charge in [-0.05, 0) is 49.9 Å². The average Bonchev–Trinajstić information content (AvgIpc) is 3.81. The number of unbranched alkanes of at least 4 members (excludes halogenated alkanes) is 3. The molecule has 0 spiro atoms. The Kier molecular flexibility index (Phi) is 13.3. The first kappa shape index (κ1) is 36.6. The molecule has 0 atom stereocenters. The van der Waals surface area contributed by atoms with Crippen LogP contribution in [0.25, 0.3) is 33.1 Å². The predicted molar refractivity (Wildman–Crippen MR) is 198 cm³/mol. The zero-order chi connectivity index (χ0) is 36.0. The van der Waals surface area contributed by atoms with Crippen LogP contribution in [0.4, 0.5) is 0 Å². The van der Waals surface area contributed by atoms with Crippen molar-refractivity contribution in [2.24, 2.45) is 12.8 Å². The van der Waals surface area contributed by atoms with Crippen molar-refractivity contribution < 1.29 is 32.9 Å². The zero-order valence-electron chi connectivity index (χ0n) is 29.9. The number of pyridine rings is 2. The van der Waals surface area contributed by atoms with Crippen LogP contribution in [0.15, 0.2) is 98.2 Å². The molecule has 4 heterocycles. The zero-order valence-corrected chi connectivity index (χ0v) is 29.9. The summed E-state index contributed by atoms with van der Waals surface area (Å²) in [7, 11) is 2.04. The highest BCUT2D eigenvalue weighted by atomic mass is 16.5. The Labute approximate surface area is 304 Å². The van der Waals surface area contributed by atoms with E-state index in [0.717, 1.165) is 71.0 Å². The molecule has 0 saturated heterocycles. The fraction of sp³-hybridized carbons (Fsp3) is 0.375. The number of hydrogen-bond donors (Lipinski definition) is 1. The number of carbonyl (C=O) groups is 1. The van der Waals surface area contributed by atoms with Crippen LogP contribution in [0.3, 0.4) is 0 Å². The van der Waals surface area contributed by atoms with Gasteiger partial charge in [-0.2, -0.15) is 0 Å². The van der Waals surface area contributed by atoms with Gasteiger partial charge < -0.3 is 24.7 Å². The lowest BCUT2D eigenvalue weighted by Crippen LogP contribution is -2.38. The Hall–Kier alpha value is -5.17. The van der Waals surface area contributed by atoms with Gasteiger partial charge in [0.05, 0.1) is 58.9 Å². The van der Waals surface area contributed by atoms with Crippen LogP contribution < -0.4 is 24.3 Å². The smallest absolute Gasteiger partial charge is 0.244 e. The summed E-state index contributed by atoms with van der Waals surface area (Å²) in [5.74, 6) is 1.45. The Morgan fingerprint density at radius 1 is 0.750 bits per heavy atom. The van der Waals surface area contributed by atoms with E-state index in [1.807, 2.05) is 71.3 Å². The summed E-state index contributed by atoms with van der Waals surface area (Å²) in [5.41, 5.74) is 8.66. The van der Waals surface area contributed by atoms with Crippen molar-refractivity contribution in [3.8, 4) is 22.8 Å². The van der Waals surface area contributed by atoms with Gasteiger partial charge in [0.1, 0.15) is 61.3 Å². The molecular formula is C40H49N7O5+2. The maximum Gasteiger partial charge on any atom is 0.244 e. The molecule has 12 heteroatoms. The summed E-state index contributed by atoms with van der Waals surface area (Å²) < 4.78 is 32.3. The van der Waals surface area contributed by atoms with E-state index >= 15 is 0 Å². The summed E-state index contributed by atoms with van der Waals surface area (Å²) in [6.07, 6.45) is 18.1. The number of nitrogens with zero attached hydrogens (tertiary/aromatic N) is 6. The lowest BCUT2D eigenvalue weighted by Gasteiger charge is -2.15. The molecule has 0 aliphatic rings. The normalized spacial score (nSPS) is 11.4. The van der Waals surface area contributed by atoms with Crippen LogP contribution >= 0.6 is 0 Å². The molecule has 272 valence electrons. The first-order valence-corrected chi connectivity index (χ1v) is 18.0. The highest BCUT2D eigenvalue weighted by molar-refractivity contribution is 5.93. The lowest BCUT2D eigenvalue weighted by atomic mass is 10.0. The number of hydrogen-bond acceptors (Lipinski definition) is 8. The molecular weight excluding hydrogens is 658 g/mol. The number of Topliss-reactive ketones (excluding diaryl/α,β-unsaturated/α-hetero) is 1. The minimum Gasteiger partial charge on any atom is -0.491 e. The number of aromatic nitrogens is 6. The number of para-hydroxylation sites is 1. The van der Waals surface area contributed by atoms with Crippen LogP contribution in [0.2, 0.25) is 0 Å². The maximum atomic E-state index is 11.5. The Morgan fingerprint density at radius 2 is 1.52 bits per heavy atom. The molecule has 0 saturated carbocycles. The second kappa shape index (κ2) is 18.9. The summed E-state index contributed by atoms with van der Waals surface area (Å²) in [6.45, 7) is 4.87. The van der Waals surface area contributed by atoms with Gasteiger partial charge in [-0.15, -0.1) is 0 Å². The molecule has 0 unspecified atom stereocenters. The number of imidazole rings is 2. The number of benzene rings is 2. The fourth-order valence-electron chi connectivity index (χ4n) is 6.05. The second-order valence-electron chi connectivity index (χ2n) is 12.8. The molecule has 2 aromatic carbocycles. The molecule has 6 rings (SSSR count). The highest BCUT2D eigenvalue weighted by Gasteiger charge is 2.15. The monoisotopic (exact) mass is 707 g/mol. The average molecular weight is 708 g/mol. The molecule has 0 radical (unpaired) electrons. The first-order chi connectivity index (χ1) is 25.6. The number of ether oxygens (including phenoxy) is 4. The standard InChI is InChI=1S/C40H49N7O5/c1-44-17-18-45(30-44)16-4-2-3-5-22-51-37-10-6-8-32-12-14-36(43-38(32)37)35-13-11-33-9-7-15-42-39(33)40(35)52-27-26-50-25-24-49-23-21-46-19-20-47(31-46)29-34(48)28-41/h6-15,17-20,30-31H,2-5,16,21-29,41H2,1H3/q+2. The van der Waals surface area contributed by atoms with Crippen LogP contribution in [0, 0.1) is 0 Å². The van der Waals surface area contributed by atoms with Gasteiger partial charge in [-0.25, -0.2) is 23.3 Å². The Balaban J connectivity index is 0.999. The Bertz CT molecular complexity index is 2040. The molecule has 0 amide bonds. The minimum atomic E-state index is -0.0100.